The van der Waals surface area contributed by atoms with E-state index in [1.807, 2.05) is 0 Å². The van der Waals surface area contributed by atoms with Crippen LogP contribution in [-0.2, 0) is 6.42 Å². The summed E-state index contributed by atoms with van der Waals surface area (Å²) in [4.78, 5) is 16.1. The van der Waals surface area contributed by atoms with Crippen molar-refractivity contribution in [2.45, 2.75) is 6.42 Å². The molecule has 19 heavy (non-hydrogen) atoms. The molecule has 0 unspecified atom stereocenters. The molecule has 2 aromatic rings. The third kappa shape index (κ3) is 3.70. The zero-order chi connectivity index (χ0) is 14.0. The fourth-order valence-electron chi connectivity index (χ4n) is 1.54. The lowest BCUT2D eigenvalue weighted by molar-refractivity contribution is 0.0986. The average molecular weight is 452 g/mol. The van der Waals surface area contributed by atoms with Gasteiger partial charge in [-0.25, -0.2) is 4.39 Å². The number of rotatable bonds is 3. The molecule has 0 amide bonds. The molecule has 0 radical (unpaired) electrons. The van der Waals surface area contributed by atoms with E-state index in [1.165, 1.54) is 12.3 Å². The molecule has 1 heterocycles. The molecule has 0 atom stereocenters. The van der Waals surface area contributed by atoms with Crippen molar-refractivity contribution in [3.8, 4) is 0 Å². The van der Waals surface area contributed by atoms with E-state index < -0.39 is 5.82 Å². The maximum Gasteiger partial charge on any atom is 0.186 e. The smallest absolute Gasteiger partial charge is 0.186 e. The molecular formula is C13H7Br3FNO. The quantitative estimate of drug-likeness (QED) is 0.619. The van der Waals surface area contributed by atoms with Crippen LogP contribution in [0.1, 0.15) is 16.1 Å². The molecule has 0 aliphatic heterocycles. The van der Waals surface area contributed by atoms with Gasteiger partial charge in [-0.2, -0.15) is 0 Å². The van der Waals surface area contributed by atoms with E-state index >= 15 is 0 Å². The van der Waals surface area contributed by atoms with Gasteiger partial charge >= 0.3 is 0 Å². The molecule has 0 saturated carbocycles. The topological polar surface area (TPSA) is 30.0 Å². The average Bonchev–Trinajstić information content (AvgIpc) is 2.32. The molecule has 0 spiro atoms. The van der Waals surface area contributed by atoms with Crippen molar-refractivity contribution >= 4 is 53.6 Å². The molecular weight excluding hydrogens is 445 g/mol. The maximum atomic E-state index is 13.7. The van der Waals surface area contributed by atoms with E-state index in [9.17, 15) is 9.18 Å². The molecule has 0 aliphatic rings. The summed E-state index contributed by atoms with van der Waals surface area (Å²) in [5, 5.41) is 0. The van der Waals surface area contributed by atoms with Crippen molar-refractivity contribution in [1.82, 2.24) is 4.98 Å². The van der Waals surface area contributed by atoms with Crippen LogP contribution in [0.2, 0.25) is 0 Å². The summed E-state index contributed by atoms with van der Waals surface area (Å²) in [6, 6.07) is 6.37. The third-order valence-electron chi connectivity index (χ3n) is 2.44. The van der Waals surface area contributed by atoms with Gasteiger partial charge in [0.25, 0.3) is 0 Å². The van der Waals surface area contributed by atoms with Crippen molar-refractivity contribution in [2.75, 3.05) is 0 Å². The number of benzene rings is 1. The van der Waals surface area contributed by atoms with Crippen LogP contribution in [0.25, 0.3) is 0 Å². The minimum atomic E-state index is -0.407. The molecule has 0 aliphatic carbocycles. The summed E-state index contributed by atoms with van der Waals surface area (Å²) >= 11 is 9.72. The van der Waals surface area contributed by atoms with Gasteiger partial charge in [0.2, 0.25) is 0 Å². The van der Waals surface area contributed by atoms with Gasteiger partial charge in [-0.05, 0) is 55.6 Å². The van der Waals surface area contributed by atoms with E-state index in [0.29, 0.717) is 20.2 Å². The molecule has 98 valence electrons. The lowest BCUT2D eigenvalue weighted by Crippen LogP contribution is -2.08. The number of Topliss-reactive ketones (excluding diaryl/α,β-unsaturated/α-hetero) is 1. The Hall–Kier alpha value is -0.590. The van der Waals surface area contributed by atoms with Crippen molar-refractivity contribution < 1.29 is 9.18 Å². The highest BCUT2D eigenvalue weighted by molar-refractivity contribution is 9.11. The number of hydrogen-bond acceptors (Lipinski definition) is 2. The molecule has 0 N–H and O–H groups in total. The number of hydrogen-bond donors (Lipinski definition) is 0. The van der Waals surface area contributed by atoms with Crippen LogP contribution >= 0.6 is 47.8 Å². The molecule has 1 aromatic heterocycles. The van der Waals surface area contributed by atoms with Crippen LogP contribution in [0, 0.1) is 5.82 Å². The fraction of sp³-hybridized carbons (Fsp3) is 0.0769. The van der Waals surface area contributed by atoms with Crippen molar-refractivity contribution in [1.29, 1.82) is 0 Å². The minimum Gasteiger partial charge on any atom is -0.292 e. The molecule has 0 fully saturated rings. The first-order valence-corrected chi connectivity index (χ1v) is 7.63. The van der Waals surface area contributed by atoms with Crippen LogP contribution in [-0.4, -0.2) is 10.8 Å². The molecule has 0 saturated heterocycles. The highest BCUT2D eigenvalue weighted by atomic mass is 79.9. The predicted octanol–water partition coefficient (Wildman–Crippen LogP) is 4.93. The van der Waals surface area contributed by atoms with Gasteiger partial charge < -0.3 is 0 Å². The highest BCUT2D eigenvalue weighted by Crippen LogP contribution is 2.22. The summed E-state index contributed by atoms with van der Waals surface area (Å²) in [5.41, 5.74) is 0.648. The van der Waals surface area contributed by atoms with Crippen molar-refractivity contribution in [3.63, 3.8) is 0 Å². The van der Waals surface area contributed by atoms with Crippen molar-refractivity contribution in [3.05, 3.63) is 61.0 Å². The highest BCUT2D eigenvalue weighted by Gasteiger charge is 2.15. The number of halogens is 4. The van der Waals surface area contributed by atoms with Crippen LogP contribution in [0.15, 0.2) is 43.9 Å². The number of aromatic nitrogens is 1. The zero-order valence-corrected chi connectivity index (χ0v) is 14.2. The second-order valence-electron chi connectivity index (χ2n) is 3.82. The van der Waals surface area contributed by atoms with Gasteiger partial charge in [-0.15, -0.1) is 0 Å². The minimum absolute atomic E-state index is 0.0215. The number of nitrogens with zero attached hydrogens (tertiary/aromatic N) is 1. The second-order valence-corrected chi connectivity index (χ2v) is 6.51. The van der Waals surface area contributed by atoms with Crippen LogP contribution in [0.3, 0.4) is 0 Å². The molecule has 2 rings (SSSR count). The summed E-state index contributed by atoms with van der Waals surface area (Å²) < 4.78 is 15.7. The first-order chi connectivity index (χ1) is 8.97. The Bertz CT molecular complexity index is 646. The Labute approximate surface area is 134 Å². The van der Waals surface area contributed by atoms with E-state index in [-0.39, 0.29) is 12.2 Å². The first-order valence-electron chi connectivity index (χ1n) is 5.25. The lowest BCUT2D eigenvalue weighted by atomic mass is 10.1. The van der Waals surface area contributed by atoms with Crippen LogP contribution in [0.4, 0.5) is 4.39 Å². The molecule has 0 bridgehead atoms. The first kappa shape index (κ1) is 14.8. The molecule has 1 aromatic carbocycles. The molecule has 2 nitrogen and oxygen atoms in total. The van der Waals surface area contributed by atoms with Gasteiger partial charge in [0.05, 0.1) is 0 Å². The monoisotopic (exact) mass is 449 g/mol. The standard InChI is InChI=1S/C13H7Br3FNO/c14-8-2-1-7(11(17)5-8)3-12(19)13-10(16)4-9(15)6-18-13/h1-2,4-6H,3H2. The lowest BCUT2D eigenvalue weighted by Gasteiger charge is -2.05. The van der Waals surface area contributed by atoms with Crippen molar-refractivity contribution in [2.24, 2.45) is 0 Å². The van der Waals surface area contributed by atoms with Gasteiger partial charge in [0.1, 0.15) is 11.5 Å². The number of carbonyl (C=O) groups is 1. The summed E-state index contributed by atoms with van der Waals surface area (Å²) in [6.07, 6.45) is 1.52. The Kier molecular flexibility index (Phi) is 4.86. The van der Waals surface area contributed by atoms with Gasteiger partial charge in [-0.3, -0.25) is 9.78 Å². The van der Waals surface area contributed by atoms with E-state index in [0.717, 1.165) is 4.47 Å². The SMILES string of the molecule is O=C(Cc1ccc(Br)cc1F)c1ncc(Br)cc1Br. The van der Waals surface area contributed by atoms with E-state index in [2.05, 4.69) is 52.8 Å². The van der Waals surface area contributed by atoms with Gasteiger partial charge in [-0.1, -0.05) is 22.0 Å². The fourth-order valence-corrected chi connectivity index (χ4v) is 3.08. The second kappa shape index (κ2) is 6.24. The van der Waals surface area contributed by atoms with Gasteiger partial charge in [0, 0.05) is 26.0 Å². The summed E-state index contributed by atoms with van der Waals surface area (Å²) in [6.45, 7) is 0. The van der Waals surface area contributed by atoms with Crippen LogP contribution < -0.4 is 0 Å². The summed E-state index contributed by atoms with van der Waals surface area (Å²) in [5.74, 6) is -0.642. The Morgan fingerprint density at radius 2 is 1.89 bits per heavy atom. The molecule has 6 heteroatoms. The predicted molar refractivity (Wildman–Crippen MR) is 81.8 cm³/mol. The van der Waals surface area contributed by atoms with Gasteiger partial charge in [0.15, 0.2) is 5.78 Å². The number of carbonyl (C=O) groups excluding carboxylic acids is 1. The largest absolute Gasteiger partial charge is 0.292 e. The maximum absolute atomic E-state index is 13.7. The van der Waals surface area contributed by atoms with Crippen LogP contribution in [0.5, 0.6) is 0 Å². The summed E-state index contributed by atoms with van der Waals surface area (Å²) in [7, 11) is 0. The van der Waals surface area contributed by atoms with E-state index in [4.69, 9.17) is 0 Å². The Balaban J connectivity index is 2.25. The number of pyridine rings is 1. The third-order valence-corrected chi connectivity index (χ3v) is 3.97. The number of ketones is 1. The Morgan fingerprint density at radius 1 is 1.16 bits per heavy atom. The Morgan fingerprint density at radius 3 is 2.53 bits per heavy atom. The zero-order valence-electron chi connectivity index (χ0n) is 9.46. The normalized spacial score (nSPS) is 10.5. The van der Waals surface area contributed by atoms with E-state index in [1.54, 1.807) is 18.2 Å².